The number of thiocarbonyl (C=S) groups is 1. The molecule has 36 heavy (non-hydrogen) atoms. The Labute approximate surface area is 221 Å². The molecule has 5 rings (SSSR count). The number of nitrogens with zero attached hydrogens (tertiary/aromatic N) is 4. The molecular formula is C28H40N6OS. The zero-order chi connectivity index (χ0) is 24.8. The standard InChI is InChI=1S/C28H40N6OS/c1-22-9-8-14-34(20-22)25-19-24(33-15-17-35-18-16-33)30-26(31-25)32-27(36)29-21-28(12-6-3-7-13-28)23-10-4-2-5-11-23/h2,4-5,10-11,19,22H,3,6-9,12-18,20-21H2,1H3,(H2,29,30,31,32,36). The number of ether oxygens (including phenoxy) is 1. The van der Waals surface area contributed by atoms with Crippen LogP contribution in [0.25, 0.3) is 0 Å². The number of morpholine rings is 1. The van der Waals surface area contributed by atoms with Crippen molar-refractivity contribution in [2.45, 2.75) is 57.3 Å². The summed E-state index contributed by atoms with van der Waals surface area (Å²) < 4.78 is 5.57. The second-order valence-corrected chi connectivity index (χ2v) is 11.1. The van der Waals surface area contributed by atoms with Crippen molar-refractivity contribution in [2.75, 3.05) is 61.1 Å². The maximum atomic E-state index is 5.77. The van der Waals surface area contributed by atoms with Gasteiger partial charge in [-0.1, -0.05) is 56.5 Å². The van der Waals surface area contributed by atoms with Gasteiger partial charge in [-0.3, -0.25) is 0 Å². The number of hydrogen-bond donors (Lipinski definition) is 2. The topological polar surface area (TPSA) is 65.6 Å². The Hall–Kier alpha value is -2.45. The van der Waals surface area contributed by atoms with Crippen molar-refractivity contribution < 1.29 is 4.74 Å². The molecule has 2 saturated heterocycles. The molecule has 3 heterocycles. The van der Waals surface area contributed by atoms with Gasteiger partial charge in [-0.2, -0.15) is 9.97 Å². The second kappa shape index (κ2) is 11.7. The molecule has 1 aromatic carbocycles. The van der Waals surface area contributed by atoms with E-state index in [0.717, 1.165) is 57.6 Å². The van der Waals surface area contributed by atoms with E-state index in [9.17, 15) is 0 Å². The normalized spacial score (nSPS) is 22.2. The van der Waals surface area contributed by atoms with Crippen molar-refractivity contribution in [1.29, 1.82) is 0 Å². The van der Waals surface area contributed by atoms with Crippen molar-refractivity contribution in [1.82, 2.24) is 15.3 Å². The first-order chi connectivity index (χ1) is 17.6. The van der Waals surface area contributed by atoms with Crippen LogP contribution in [0, 0.1) is 5.92 Å². The molecule has 1 atom stereocenters. The molecular weight excluding hydrogens is 468 g/mol. The zero-order valence-electron chi connectivity index (χ0n) is 21.5. The first kappa shape index (κ1) is 25.2. The molecule has 0 amide bonds. The summed E-state index contributed by atoms with van der Waals surface area (Å²) in [4.78, 5) is 14.5. The fraction of sp³-hybridized carbons (Fsp3) is 0.607. The molecule has 1 unspecified atom stereocenters. The van der Waals surface area contributed by atoms with Gasteiger partial charge >= 0.3 is 0 Å². The van der Waals surface area contributed by atoms with Crippen LogP contribution >= 0.6 is 12.2 Å². The average Bonchev–Trinajstić information content (AvgIpc) is 2.93. The van der Waals surface area contributed by atoms with E-state index < -0.39 is 0 Å². The monoisotopic (exact) mass is 508 g/mol. The van der Waals surface area contributed by atoms with Crippen LogP contribution < -0.4 is 20.4 Å². The van der Waals surface area contributed by atoms with Crippen LogP contribution in [-0.2, 0) is 10.2 Å². The van der Waals surface area contributed by atoms with Crippen molar-refractivity contribution in [3.8, 4) is 0 Å². The van der Waals surface area contributed by atoms with E-state index in [4.69, 9.17) is 26.9 Å². The Morgan fingerprint density at radius 3 is 2.44 bits per heavy atom. The molecule has 8 heteroatoms. The van der Waals surface area contributed by atoms with E-state index in [1.807, 2.05) is 0 Å². The van der Waals surface area contributed by atoms with Gasteiger partial charge in [0.2, 0.25) is 5.95 Å². The first-order valence-corrected chi connectivity index (χ1v) is 14.1. The Morgan fingerprint density at radius 1 is 1.00 bits per heavy atom. The second-order valence-electron chi connectivity index (χ2n) is 10.7. The van der Waals surface area contributed by atoms with Crippen LogP contribution in [0.3, 0.4) is 0 Å². The largest absolute Gasteiger partial charge is 0.378 e. The molecule has 7 nitrogen and oxygen atoms in total. The minimum absolute atomic E-state index is 0.122. The molecule has 194 valence electrons. The van der Waals surface area contributed by atoms with Crippen molar-refractivity contribution in [3.05, 3.63) is 42.0 Å². The highest BCUT2D eigenvalue weighted by Gasteiger charge is 2.34. The SMILES string of the molecule is CC1CCCN(c2cc(N3CCOCC3)nc(NC(=S)NCC3(c4ccccc4)CCCCC3)n2)C1. The van der Waals surface area contributed by atoms with Gasteiger partial charge in [0.05, 0.1) is 13.2 Å². The van der Waals surface area contributed by atoms with E-state index in [0.29, 0.717) is 17.0 Å². The molecule has 3 fully saturated rings. The molecule has 2 aliphatic heterocycles. The number of piperidine rings is 1. The maximum Gasteiger partial charge on any atom is 0.232 e. The molecule has 0 radical (unpaired) electrons. The highest BCUT2D eigenvalue weighted by Crippen LogP contribution is 2.39. The fourth-order valence-electron chi connectivity index (χ4n) is 5.97. The van der Waals surface area contributed by atoms with Gasteiger partial charge in [0.25, 0.3) is 0 Å². The van der Waals surface area contributed by atoms with Crippen molar-refractivity contribution >= 4 is 34.9 Å². The van der Waals surface area contributed by atoms with Gasteiger partial charge in [0, 0.05) is 44.2 Å². The summed E-state index contributed by atoms with van der Waals surface area (Å²) in [7, 11) is 0. The van der Waals surface area contributed by atoms with Crippen LogP contribution in [0.2, 0.25) is 0 Å². The number of benzene rings is 1. The molecule has 1 saturated carbocycles. The summed E-state index contributed by atoms with van der Waals surface area (Å²) in [5.74, 6) is 3.17. The molecule has 2 aromatic rings. The van der Waals surface area contributed by atoms with Crippen LogP contribution in [0.1, 0.15) is 57.4 Å². The summed E-state index contributed by atoms with van der Waals surface area (Å²) in [6.07, 6.45) is 8.69. The van der Waals surface area contributed by atoms with Gasteiger partial charge in [-0.25, -0.2) is 0 Å². The molecule has 1 aromatic heterocycles. The van der Waals surface area contributed by atoms with Gasteiger partial charge in [-0.15, -0.1) is 0 Å². The fourth-order valence-corrected chi connectivity index (χ4v) is 6.14. The maximum absolute atomic E-state index is 5.77. The average molecular weight is 509 g/mol. The lowest BCUT2D eigenvalue weighted by molar-refractivity contribution is 0.122. The summed E-state index contributed by atoms with van der Waals surface area (Å²) in [5, 5.41) is 7.46. The number of rotatable bonds is 6. The number of nitrogens with one attached hydrogen (secondary N) is 2. The lowest BCUT2D eigenvalue weighted by atomic mass is 9.69. The number of anilines is 3. The van der Waals surface area contributed by atoms with E-state index in [1.165, 1.54) is 50.5 Å². The van der Waals surface area contributed by atoms with Gasteiger partial charge in [-0.05, 0) is 49.4 Å². The molecule has 3 aliphatic rings. The first-order valence-electron chi connectivity index (χ1n) is 13.7. The smallest absolute Gasteiger partial charge is 0.232 e. The van der Waals surface area contributed by atoms with Crippen LogP contribution in [0.5, 0.6) is 0 Å². The van der Waals surface area contributed by atoms with E-state index in [2.05, 4.69) is 63.8 Å². The van der Waals surface area contributed by atoms with Crippen LogP contribution in [0.15, 0.2) is 36.4 Å². The van der Waals surface area contributed by atoms with Crippen LogP contribution in [0.4, 0.5) is 17.6 Å². The molecule has 1 aliphatic carbocycles. The third-order valence-electron chi connectivity index (χ3n) is 8.02. The Kier molecular flexibility index (Phi) is 8.22. The quantitative estimate of drug-likeness (QED) is 0.543. The third kappa shape index (κ3) is 6.09. The Bertz CT molecular complexity index is 1010. The highest BCUT2D eigenvalue weighted by molar-refractivity contribution is 7.80. The van der Waals surface area contributed by atoms with Crippen molar-refractivity contribution in [3.63, 3.8) is 0 Å². The summed E-state index contributed by atoms with van der Waals surface area (Å²) in [6.45, 7) is 8.34. The lowest BCUT2D eigenvalue weighted by Gasteiger charge is -2.38. The molecule has 2 N–H and O–H groups in total. The number of aromatic nitrogens is 2. The van der Waals surface area contributed by atoms with Gasteiger partial charge in [0.15, 0.2) is 5.11 Å². The summed E-state index contributed by atoms with van der Waals surface area (Å²) in [6, 6.07) is 13.1. The predicted molar refractivity (Wildman–Crippen MR) is 151 cm³/mol. The zero-order valence-corrected chi connectivity index (χ0v) is 22.4. The third-order valence-corrected chi connectivity index (χ3v) is 8.27. The number of hydrogen-bond acceptors (Lipinski definition) is 6. The summed E-state index contributed by atoms with van der Waals surface area (Å²) in [5.41, 5.74) is 1.53. The van der Waals surface area contributed by atoms with Crippen LogP contribution in [-0.4, -0.2) is 61.0 Å². The Balaban J connectivity index is 1.32. The van der Waals surface area contributed by atoms with E-state index in [1.54, 1.807) is 0 Å². The summed E-state index contributed by atoms with van der Waals surface area (Å²) >= 11 is 5.77. The van der Waals surface area contributed by atoms with E-state index >= 15 is 0 Å². The molecule has 0 bridgehead atoms. The molecule has 0 spiro atoms. The Morgan fingerprint density at radius 2 is 1.72 bits per heavy atom. The van der Waals surface area contributed by atoms with E-state index in [-0.39, 0.29) is 5.41 Å². The highest BCUT2D eigenvalue weighted by atomic mass is 32.1. The minimum atomic E-state index is 0.122. The predicted octanol–water partition coefficient (Wildman–Crippen LogP) is 4.74. The van der Waals surface area contributed by atoms with Crippen molar-refractivity contribution in [2.24, 2.45) is 5.92 Å². The lowest BCUT2D eigenvalue weighted by Crippen LogP contribution is -2.44. The van der Waals surface area contributed by atoms with Gasteiger partial charge < -0.3 is 25.2 Å². The minimum Gasteiger partial charge on any atom is -0.378 e. The van der Waals surface area contributed by atoms with Gasteiger partial charge in [0.1, 0.15) is 11.6 Å².